The lowest BCUT2D eigenvalue weighted by Crippen LogP contribution is -2.50. The van der Waals surface area contributed by atoms with Gasteiger partial charge in [-0.25, -0.2) is 4.79 Å². The van der Waals surface area contributed by atoms with Crippen LogP contribution >= 0.6 is 0 Å². The van der Waals surface area contributed by atoms with Gasteiger partial charge < -0.3 is 10.8 Å². The van der Waals surface area contributed by atoms with E-state index in [-0.39, 0.29) is 5.92 Å². The smallest absolute Gasteiger partial charge is 0.328 e. The minimum atomic E-state index is -1.21. The molecule has 1 atom stereocenters. The Balaban J connectivity index is 2.39. The van der Waals surface area contributed by atoms with Gasteiger partial charge in [-0.05, 0) is 24.3 Å². The summed E-state index contributed by atoms with van der Waals surface area (Å²) in [5.74, 6) is -0.849. The second-order valence-corrected chi connectivity index (χ2v) is 4.52. The molecule has 3 N–H and O–H groups in total. The third kappa shape index (κ3) is 1.71. The van der Waals surface area contributed by atoms with Gasteiger partial charge in [0, 0.05) is 0 Å². The van der Waals surface area contributed by atoms with Gasteiger partial charge in [0.25, 0.3) is 0 Å². The van der Waals surface area contributed by atoms with E-state index in [2.05, 4.69) is 0 Å². The second-order valence-electron chi connectivity index (χ2n) is 4.52. The molecule has 0 radical (unpaired) electrons. The van der Waals surface area contributed by atoms with E-state index in [1.165, 1.54) is 0 Å². The fourth-order valence-electron chi connectivity index (χ4n) is 2.63. The molecule has 0 heterocycles. The average molecular weight is 219 g/mol. The Labute approximate surface area is 95.3 Å². The van der Waals surface area contributed by atoms with E-state index in [0.717, 1.165) is 31.2 Å². The van der Waals surface area contributed by atoms with Gasteiger partial charge in [-0.2, -0.15) is 0 Å². The molecular formula is C13H17NO2. The van der Waals surface area contributed by atoms with E-state index in [1.807, 2.05) is 30.3 Å². The summed E-state index contributed by atoms with van der Waals surface area (Å²) in [6, 6.07) is 9.18. The first-order valence-electron chi connectivity index (χ1n) is 5.73. The lowest BCUT2D eigenvalue weighted by Gasteiger charge is -2.31. The molecule has 1 saturated carbocycles. The monoisotopic (exact) mass is 219 g/mol. The van der Waals surface area contributed by atoms with Crippen LogP contribution in [0.3, 0.4) is 0 Å². The molecule has 3 heteroatoms. The minimum Gasteiger partial charge on any atom is -0.480 e. The average Bonchev–Trinajstić information content (AvgIpc) is 2.82. The van der Waals surface area contributed by atoms with Crippen LogP contribution in [0.1, 0.15) is 31.2 Å². The number of rotatable bonds is 3. The molecule has 86 valence electrons. The summed E-state index contributed by atoms with van der Waals surface area (Å²) < 4.78 is 0. The van der Waals surface area contributed by atoms with E-state index < -0.39 is 11.5 Å². The number of carboxylic acid groups (broad SMARTS) is 1. The summed E-state index contributed by atoms with van der Waals surface area (Å²) in [6.45, 7) is 0. The van der Waals surface area contributed by atoms with Crippen molar-refractivity contribution in [3.63, 3.8) is 0 Å². The van der Waals surface area contributed by atoms with Crippen LogP contribution in [0.5, 0.6) is 0 Å². The number of nitrogens with two attached hydrogens (primary N) is 1. The minimum absolute atomic E-state index is 0.0624. The van der Waals surface area contributed by atoms with Gasteiger partial charge >= 0.3 is 5.97 Å². The molecule has 2 rings (SSSR count). The second kappa shape index (κ2) is 4.26. The van der Waals surface area contributed by atoms with Crippen LogP contribution < -0.4 is 5.73 Å². The quantitative estimate of drug-likeness (QED) is 0.818. The molecule has 0 amide bonds. The van der Waals surface area contributed by atoms with Crippen molar-refractivity contribution in [2.45, 2.75) is 31.2 Å². The molecule has 1 fully saturated rings. The maximum Gasteiger partial charge on any atom is 0.328 e. The van der Waals surface area contributed by atoms with Gasteiger partial charge in [0.15, 0.2) is 0 Å². The standard InChI is InChI=1S/C13H17NO2/c14-13(12(15)16,11-8-4-5-9-11)10-6-2-1-3-7-10/h1-3,6-7,11H,4-5,8-9,14H2,(H,15,16)/t13-/m0/s1. The highest BCUT2D eigenvalue weighted by Crippen LogP contribution is 2.38. The van der Waals surface area contributed by atoms with Crippen molar-refractivity contribution in [3.8, 4) is 0 Å². The Kier molecular flexibility index (Phi) is 2.97. The number of benzene rings is 1. The number of hydrogen-bond donors (Lipinski definition) is 2. The van der Waals surface area contributed by atoms with Crippen LogP contribution in [0, 0.1) is 5.92 Å². The summed E-state index contributed by atoms with van der Waals surface area (Å²) in [7, 11) is 0. The van der Waals surface area contributed by atoms with Crippen molar-refractivity contribution in [2.75, 3.05) is 0 Å². The van der Waals surface area contributed by atoms with Crippen molar-refractivity contribution >= 4 is 5.97 Å². The topological polar surface area (TPSA) is 63.3 Å². The lowest BCUT2D eigenvalue weighted by atomic mass is 9.78. The number of carbonyl (C=O) groups is 1. The largest absolute Gasteiger partial charge is 0.480 e. The Bertz CT molecular complexity index is 371. The van der Waals surface area contributed by atoms with Gasteiger partial charge in [0.2, 0.25) is 0 Å². The molecule has 0 spiro atoms. The van der Waals surface area contributed by atoms with Crippen LogP contribution in [-0.4, -0.2) is 11.1 Å². The van der Waals surface area contributed by atoms with E-state index in [1.54, 1.807) is 0 Å². The fraction of sp³-hybridized carbons (Fsp3) is 0.462. The Hall–Kier alpha value is -1.35. The molecule has 0 unspecified atom stereocenters. The molecule has 1 aliphatic carbocycles. The maximum absolute atomic E-state index is 11.5. The highest BCUT2D eigenvalue weighted by Gasteiger charge is 2.44. The summed E-state index contributed by atoms with van der Waals surface area (Å²) in [5, 5.41) is 9.42. The van der Waals surface area contributed by atoms with E-state index in [0.29, 0.717) is 0 Å². The maximum atomic E-state index is 11.5. The fourth-order valence-corrected chi connectivity index (χ4v) is 2.63. The molecule has 16 heavy (non-hydrogen) atoms. The zero-order valence-electron chi connectivity index (χ0n) is 9.23. The van der Waals surface area contributed by atoms with Gasteiger partial charge in [0.1, 0.15) is 5.54 Å². The predicted molar refractivity (Wildman–Crippen MR) is 61.9 cm³/mol. The lowest BCUT2D eigenvalue weighted by molar-refractivity contribution is -0.146. The van der Waals surface area contributed by atoms with Crippen LogP contribution in [-0.2, 0) is 10.3 Å². The summed E-state index contributed by atoms with van der Waals surface area (Å²) in [5.41, 5.74) is 5.67. The van der Waals surface area contributed by atoms with E-state index >= 15 is 0 Å². The van der Waals surface area contributed by atoms with Gasteiger partial charge in [-0.1, -0.05) is 43.2 Å². The number of carboxylic acids is 1. The first-order valence-corrected chi connectivity index (χ1v) is 5.73. The van der Waals surface area contributed by atoms with E-state index in [9.17, 15) is 9.90 Å². The van der Waals surface area contributed by atoms with Crippen LogP contribution in [0.2, 0.25) is 0 Å². The molecule has 1 aliphatic rings. The highest BCUT2D eigenvalue weighted by molar-refractivity contribution is 5.81. The molecule has 0 saturated heterocycles. The van der Waals surface area contributed by atoms with Crippen LogP contribution in [0.15, 0.2) is 30.3 Å². The third-order valence-corrected chi connectivity index (χ3v) is 3.60. The van der Waals surface area contributed by atoms with Crippen molar-refractivity contribution in [1.29, 1.82) is 0 Å². The van der Waals surface area contributed by atoms with Gasteiger partial charge in [0.05, 0.1) is 0 Å². The zero-order chi connectivity index (χ0) is 11.6. The van der Waals surface area contributed by atoms with Gasteiger partial charge in [-0.3, -0.25) is 0 Å². The summed E-state index contributed by atoms with van der Waals surface area (Å²) in [4.78, 5) is 11.5. The summed E-state index contributed by atoms with van der Waals surface area (Å²) in [6.07, 6.45) is 4.00. The Morgan fingerprint density at radius 1 is 1.25 bits per heavy atom. The molecule has 1 aromatic carbocycles. The molecule has 3 nitrogen and oxygen atoms in total. The molecule has 0 aliphatic heterocycles. The van der Waals surface area contributed by atoms with Crippen molar-refractivity contribution in [1.82, 2.24) is 0 Å². The first kappa shape index (κ1) is 11.1. The zero-order valence-corrected chi connectivity index (χ0v) is 9.23. The predicted octanol–water partition coefficient (Wildman–Crippen LogP) is 2.12. The summed E-state index contributed by atoms with van der Waals surface area (Å²) >= 11 is 0. The third-order valence-electron chi connectivity index (χ3n) is 3.60. The van der Waals surface area contributed by atoms with Crippen LogP contribution in [0.25, 0.3) is 0 Å². The Morgan fingerprint density at radius 2 is 1.81 bits per heavy atom. The molecule has 0 aromatic heterocycles. The van der Waals surface area contributed by atoms with E-state index in [4.69, 9.17) is 5.73 Å². The number of aliphatic carboxylic acids is 1. The van der Waals surface area contributed by atoms with Crippen molar-refractivity contribution in [2.24, 2.45) is 11.7 Å². The number of hydrogen-bond acceptors (Lipinski definition) is 2. The normalized spacial score (nSPS) is 20.6. The Morgan fingerprint density at radius 3 is 2.31 bits per heavy atom. The van der Waals surface area contributed by atoms with Crippen LogP contribution in [0.4, 0.5) is 0 Å². The van der Waals surface area contributed by atoms with Gasteiger partial charge in [-0.15, -0.1) is 0 Å². The van der Waals surface area contributed by atoms with Crippen molar-refractivity contribution in [3.05, 3.63) is 35.9 Å². The highest BCUT2D eigenvalue weighted by atomic mass is 16.4. The molecule has 0 bridgehead atoms. The SMILES string of the molecule is N[C@@](C(=O)O)(c1ccccc1)C1CCCC1. The molecule has 1 aromatic rings. The first-order chi connectivity index (χ1) is 7.65. The van der Waals surface area contributed by atoms with Crippen molar-refractivity contribution < 1.29 is 9.90 Å². The molecular weight excluding hydrogens is 202 g/mol.